The molecule has 3 aromatic rings. The number of amides is 1. The minimum atomic E-state index is -3.74. The molecule has 2 aromatic heterocycles. The lowest BCUT2D eigenvalue weighted by molar-refractivity contribution is 0.171. The van der Waals surface area contributed by atoms with Crippen LogP contribution in [0.5, 0.6) is 0 Å². The average molecular weight is 524 g/mol. The van der Waals surface area contributed by atoms with Crippen molar-refractivity contribution in [2.75, 3.05) is 36.5 Å². The molecule has 0 spiro atoms. The number of aromatic amines is 1. The largest absolute Gasteiger partial charge is 0.453 e. The third kappa shape index (κ3) is 6.17. The molecule has 14 heteroatoms. The molecular weight excluding hydrogens is 501 g/mol. The molecule has 2 heterocycles. The van der Waals surface area contributed by atoms with Crippen LogP contribution in [0.25, 0.3) is 22.6 Å². The second kappa shape index (κ2) is 10.0. The number of carbonyl (C=O) groups is 1. The monoisotopic (exact) mass is 523 g/mol. The summed E-state index contributed by atoms with van der Waals surface area (Å²) in [6, 6.07) is 4.23. The number of alkyl carbamates (subject to hydrolysis) is 1. The van der Waals surface area contributed by atoms with E-state index in [2.05, 4.69) is 40.0 Å². The van der Waals surface area contributed by atoms with Gasteiger partial charge in [0.15, 0.2) is 5.82 Å². The molecule has 35 heavy (non-hydrogen) atoms. The van der Waals surface area contributed by atoms with Gasteiger partial charge in [-0.15, -0.1) is 0 Å². The van der Waals surface area contributed by atoms with E-state index in [1.807, 2.05) is 0 Å². The van der Waals surface area contributed by atoms with Crippen LogP contribution in [-0.2, 0) is 14.8 Å². The number of nitrogens with one attached hydrogen (secondary N) is 4. The summed E-state index contributed by atoms with van der Waals surface area (Å²) in [6.07, 6.45) is 3.81. The predicted molar refractivity (Wildman–Crippen MR) is 129 cm³/mol. The molecule has 0 saturated heterocycles. The molecule has 1 aliphatic carbocycles. The van der Waals surface area contributed by atoms with Gasteiger partial charge in [-0.1, -0.05) is 11.6 Å². The first-order valence-corrected chi connectivity index (χ1v) is 12.9. The van der Waals surface area contributed by atoms with Crippen LogP contribution < -0.4 is 15.4 Å². The molecule has 0 atom stereocenters. The number of hydrogen-bond acceptors (Lipinski definition) is 8. The van der Waals surface area contributed by atoms with E-state index in [9.17, 15) is 13.2 Å². The van der Waals surface area contributed by atoms with Gasteiger partial charge in [0.25, 0.3) is 0 Å². The Morgan fingerprint density at radius 3 is 2.74 bits per heavy atom. The highest BCUT2D eigenvalue weighted by Gasteiger charge is 2.30. The van der Waals surface area contributed by atoms with Crippen molar-refractivity contribution in [2.24, 2.45) is 0 Å². The minimum absolute atomic E-state index is 0.0252. The average Bonchev–Trinajstić information content (AvgIpc) is 3.56. The lowest BCUT2D eigenvalue weighted by Crippen LogP contribution is -2.28. The van der Waals surface area contributed by atoms with Gasteiger partial charge in [0, 0.05) is 35.8 Å². The molecule has 1 aromatic carbocycles. The summed E-state index contributed by atoms with van der Waals surface area (Å²) in [5.74, 6) is 0.384. The Hall–Kier alpha value is -3.45. The molecule has 0 unspecified atom stereocenters. The highest BCUT2D eigenvalue weighted by atomic mass is 35.5. The van der Waals surface area contributed by atoms with Crippen molar-refractivity contribution in [3.05, 3.63) is 41.1 Å². The van der Waals surface area contributed by atoms with Crippen LogP contribution >= 0.6 is 11.6 Å². The van der Waals surface area contributed by atoms with Gasteiger partial charge >= 0.3 is 6.09 Å². The number of halogens is 2. The van der Waals surface area contributed by atoms with Gasteiger partial charge in [0.05, 0.1) is 30.4 Å². The van der Waals surface area contributed by atoms with Gasteiger partial charge < -0.3 is 20.4 Å². The van der Waals surface area contributed by atoms with Gasteiger partial charge in [-0.3, -0.25) is 4.72 Å². The van der Waals surface area contributed by atoms with E-state index in [1.54, 1.807) is 6.07 Å². The van der Waals surface area contributed by atoms with Crippen LogP contribution in [0.4, 0.5) is 20.8 Å². The standard InChI is InChI=1S/C21H23ClFN7O4S/c1-34-21(31)26-8-7-25-20-24-6-5-14(27-20)18-17(28-19(29-18)11-3-4-11)13-9-12(22)10-15(16(13)23)30-35(2,32)33/h5-6,9-11,30H,3-4,7-8H2,1-2H3,(H,26,31)(H,28,29)(H,24,25,27). The van der Waals surface area contributed by atoms with E-state index < -0.39 is 21.9 Å². The maximum Gasteiger partial charge on any atom is 0.406 e. The summed E-state index contributed by atoms with van der Waals surface area (Å²) in [5, 5.41) is 5.67. The van der Waals surface area contributed by atoms with E-state index in [1.165, 1.54) is 25.4 Å². The van der Waals surface area contributed by atoms with Crippen molar-refractivity contribution >= 4 is 39.4 Å². The molecule has 4 N–H and O–H groups in total. The molecule has 0 radical (unpaired) electrons. The first-order chi connectivity index (χ1) is 16.6. The van der Waals surface area contributed by atoms with Gasteiger partial charge in [-0.25, -0.2) is 32.6 Å². The molecule has 0 bridgehead atoms. The normalized spacial score (nSPS) is 13.4. The first-order valence-electron chi connectivity index (χ1n) is 10.6. The van der Waals surface area contributed by atoms with E-state index in [4.69, 9.17) is 11.6 Å². The second-order valence-corrected chi connectivity index (χ2v) is 10.1. The molecule has 0 aliphatic heterocycles. The predicted octanol–water partition coefficient (Wildman–Crippen LogP) is 3.34. The number of hydrogen-bond donors (Lipinski definition) is 4. The van der Waals surface area contributed by atoms with Crippen LogP contribution in [-0.4, -0.2) is 60.9 Å². The number of H-pyrrole nitrogens is 1. The summed E-state index contributed by atoms with van der Waals surface area (Å²) in [5.41, 5.74) is 0.879. The van der Waals surface area contributed by atoms with Gasteiger partial charge in [0.2, 0.25) is 16.0 Å². The highest BCUT2D eigenvalue weighted by Crippen LogP contribution is 2.42. The summed E-state index contributed by atoms with van der Waals surface area (Å²) in [7, 11) is -2.47. The Morgan fingerprint density at radius 1 is 1.29 bits per heavy atom. The van der Waals surface area contributed by atoms with E-state index in [-0.39, 0.29) is 40.4 Å². The Kier molecular flexibility index (Phi) is 7.08. The topological polar surface area (TPSA) is 151 Å². The molecule has 186 valence electrons. The highest BCUT2D eigenvalue weighted by molar-refractivity contribution is 7.92. The minimum Gasteiger partial charge on any atom is -0.453 e. The van der Waals surface area contributed by atoms with E-state index >= 15 is 4.39 Å². The van der Waals surface area contributed by atoms with Crippen LogP contribution in [0.3, 0.4) is 0 Å². The lowest BCUT2D eigenvalue weighted by Gasteiger charge is -2.11. The fourth-order valence-corrected chi connectivity index (χ4v) is 4.12. The summed E-state index contributed by atoms with van der Waals surface area (Å²) in [6.45, 7) is 0.621. The van der Waals surface area contributed by atoms with Crippen LogP contribution in [0, 0.1) is 5.82 Å². The Balaban J connectivity index is 1.69. The molecular formula is C21H23ClFN7O4S. The van der Waals surface area contributed by atoms with Crippen LogP contribution in [0.15, 0.2) is 24.4 Å². The lowest BCUT2D eigenvalue weighted by atomic mass is 10.1. The number of ether oxygens (including phenoxy) is 1. The van der Waals surface area contributed by atoms with Crippen molar-refractivity contribution in [2.45, 2.75) is 18.8 Å². The summed E-state index contributed by atoms with van der Waals surface area (Å²) < 4.78 is 45.5. The van der Waals surface area contributed by atoms with Gasteiger partial charge in [-0.05, 0) is 31.0 Å². The van der Waals surface area contributed by atoms with Gasteiger partial charge in [-0.2, -0.15) is 0 Å². The molecule has 1 saturated carbocycles. The number of benzene rings is 1. The zero-order valence-electron chi connectivity index (χ0n) is 18.9. The third-order valence-electron chi connectivity index (χ3n) is 5.05. The number of anilines is 2. The maximum absolute atomic E-state index is 15.4. The molecule has 11 nitrogen and oxygen atoms in total. The van der Waals surface area contributed by atoms with Crippen molar-refractivity contribution in [3.63, 3.8) is 0 Å². The quantitative estimate of drug-likeness (QED) is 0.312. The fourth-order valence-electron chi connectivity index (χ4n) is 3.35. The number of imidazole rings is 1. The van der Waals surface area contributed by atoms with Crippen molar-refractivity contribution in [3.8, 4) is 22.6 Å². The maximum atomic E-state index is 15.4. The Morgan fingerprint density at radius 2 is 2.06 bits per heavy atom. The molecule has 1 fully saturated rings. The first kappa shape index (κ1) is 24.7. The third-order valence-corrected chi connectivity index (χ3v) is 5.86. The second-order valence-electron chi connectivity index (χ2n) is 7.92. The zero-order valence-corrected chi connectivity index (χ0v) is 20.4. The van der Waals surface area contributed by atoms with Crippen LogP contribution in [0.2, 0.25) is 5.02 Å². The Bertz CT molecular complexity index is 1360. The van der Waals surface area contributed by atoms with Crippen molar-refractivity contribution in [1.29, 1.82) is 0 Å². The van der Waals surface area contributed by atoms with Gasteiger partial charge in [0.1, 0.15) is 11.5 Å². The fraction of sp³-hybridized carbons (Fsp3) is 0.333. The van der Waals surface area contributed by atoms with E-state index in [0.717, 1.165) is 19.1 Å². The molecule has 1 aliphatic rings. The summed E-state index contributed by atoms with van der Waals surface area (Å²) >= 11 is 6.20. The number of nitrogens with zero attached hydrogens (tertiary/aromatic N) is 3. The number of methoxy groups -OCH3 is 1. The molecule has 1 amide bonds. The zero-order chi connectivity index (χ0) is 25.2. The summed E-state index contributed by atoms with van der Waals surface area (Å²) in [4.78, 5) is 27.7. The number of sulfonamides is 1. The smallest absolute Gasteiger partial charge is 0.406 e. The SMILES string of the molecule is COC(=O)NCCNc1nccc(-c2[nH]c(C3CC3)nc2-c2cc(Cl)cc(NS(C)(=O)=O)c2F)n1. The van der Waals surface area contributed by atoms with Crippen molar-refractivity contribution in [1.82, 2.24) is 25.3 Å². The molecule has 4 rings (SSSR count). The number of rotatable bonds is 9. The Labute approximate surface area is 205 Å². The number of carbonyl (C=O) groups excluding carboxylic acids is 1. The van der Waals surface area contributed by atoms with Crippen LogP contribution in [0.1, 0.15) is 24.6 Å². The van der Waals surface area contributed by atoms with E-state index in [0.29, 0.717) is 23.8 Å². The number of aromatic nitrogens is 4. The van der Waals surface area contributed by atoms with Crippen molar-refractivity contribution < 1.29 is 22.3 Å².